The summed E-state index contributed by atoms with van der Waals surface area (Å²) in [7, 11) is 0. The van der Waals surface area contributed by atoms with Gasteiger partial charge in [0.05, 0.1) is 0 Å². The van der Waals surface area contributed by atoms with Gasteiger partial charge in [-0.2, -0.15) is 26.3 Å². The van der Waals surface area contributed by atoms with Gasteiger partial charge >= 0.3 is 24.2 Å². The zero-order chi connectivity index (χ0) is 23.9. The maximum absolute atomic E-state index is 12.7. The molecule has 174 valence electrons. The summed E-state index contributed by atoms with van der Waals surface area (Å²) in [5.74, 6) is -4.80. The first-order valence-corrected chi connectivity index (χ1v) is 9.37. The molecule has 2 aromatic rings. The van der Waals surface area contributed by atoms with E-state index < -0.39 is 30.3 Å². The molecule has 0 bridgehead atoms. The van der Waals surface area contributed by atoms with Gasteiger partial charge in [-0.25, -0.2) is 4.79 Å². The first-order chi connectivity index (χ1) is 14.9. The number of likely N-dealkylation sites (tertiary alicyclic amines) is 1. The third-order valence-electron chi connectivity index (χ3n) is 4.69. The number of carboxylic acids is 1. The number of carbonyl (C=O) groups excluding carboxylic acids is 1. The van der Waals surface area contributed by atoms with Gasteiger partial charge in [-0.05, 0) is 11.1 Å². The van der Waals surface area contributed by atoms with Crippen LogP contribution in [-0.4, -0.2) is 53.4 Å². The van der Waals surface area contributed by atoms with Crippen molar-refractivity contribution in [3.05, 3.63) is 71.8 Å². The fourth-order valence-electron chi connectivity index (χ4n) is 3.29. The molecule has 0 aromatic heterocycles. The van der Waals surface area contributed by atoms with E-state index in [2.05, 4.69) is 10.2 Å². The van der Waals surface area contributed by atoms with E-state index in [4.69, 9.17) is 9.90 Å². The summed E-state index contributed by atoms with van der Waals surface area (Å²) in [5.41, 5.74) is 2.03. The molecule has 11 heteroatoms. The second-order valence-corrected chi connectivity index (χ2v) is 7.08. The molecule has 0 spiro atoms. The number of carbonyl (C=O) groups is 2. The van der Waals surface area contributed by atoms with Crippen LogP contribution in [0.2, 0.25) is 0 Å². The highest BCUT2D eigenvalue weighted by Crippen LogP contribution is 2.29. The molecule has 3 rings (SSSR count). The molecule has 1 aliphatic rings. The van der Waals surface area contributed by atoms with Gasteiger partial charge in [-0.1, -0.05) is 60.7 Å². The summed E-state index contributed by atoms with van der Waals surface area (Å²) in [5, 5.41) is 9.30. The van der Waals surface area contributed by atoms with Gasteiger partial charge in [0.2, 0.25) is 0 Å². The molecule has 0 radical (unpaired) electrons. The van der Waals surface area contributed by atoms with Gasteiger partial charge < -0.3 is 10.4 Å². The van der Waals surface area contributed by atoms with Crippen LogP contribution in [0.5, 0.6) is 0 Å². The molecule has 1 saturated heterocycles. The molecule has 2 unspecified atom stereocenters. The SMILES string of the molecule is O=C(NC1CN(Cc2ccccc2)CC1c1ccccc1)C(F)(F)F.O=C(O)C(F)(F)F. The first-order valence-electron chi connectivity index (χ1n) is 9.37. The molecule has 32 heavy (non-hydrogen) atoms. The van der Waals surface area contributed by atoms with Crippen LogP contribution in [0.4, 0.5) is 26.3 Å². The van der Waals surface area contributed by atoms with Crippen molar-refractivity contribution in [1.82, 2.24) is 10.2 Å². The summed E-state index contributed by atoms with van der Waals surface area (Å²) in [6.07, 6.45) is -9.95. The van der Waals surface area contributed by atoms with E-state index in [1.165, 1.54) is 0 Å². The minimum atomic E-state index is -5.08. The molecule has 2 aromatic carbocycles. The standard InChI is InChI=1S/C19H19F3N2O.C2HF3O2/c20-19(21,22)18(25)23-17-13-24(11-14-7-3-1-4-8-14)12-16(17)15-9-5-2-6-10-15;3-2(4,5)1(6)7/h1-10,16-17H,11-13H2,(H,23,25);(H,6,7). The molecule has 5 nitrogen and oxygen atoms in total. The summed E-state index contributed by atoms with van der Waals surface area (Å²) >= 11 is 0. The Kier molecular flexibility index (Phi) is 8.25. The van der Waals surface area contributed by atoms with E-state index in [1.54, 1.807) is 0 Å². The number of benzene rings is 2. The van der Waals surface area contributed by atoms with Crippen molar-refractivity contribution in [2.45, 2.75) is 30.9 Å². The van der Waals surface area contributed by atoms with E-state index in [-0.39, 0.29) is 5.92 Å². The average molecular weight is 462 g/mol. The fraction of sp³-hybridized carbons (Fsp3) is 0.333. The topological polar surface area (TPSA) is 69.6 Å². The number of nitrogens with zero attached hydrogens (tertiary/aromatic N) is 1. The van der Waals surface area contributed by atoms with Crippen LogP contribution in [0.3, 0.4) is 0 Å². The lowest BCUT2D eigenvalue weighted by atomic mass is 9.94. The molecule has 1 amide bonds. The maximum Gasteiger partial charge on any atom is 0.490 e. The number of aliphatic carboxylic acids is 1. The Morgan fingerprint density at radius 1 is 0.875 bits per heavy atom. The number of alkyl halides is 6. The smallest absolute Gasteiger partial charge is 0.475 e. The molecule has 2 N–H and O–H groups in total. The van der Waals surface area contributed by atoms with Crippen molar-refractivity contribution in [3.63, 3.8) is 0 Å². The van der Waals surface area contributed by atoms with Crippen LogP contribution < -0.4 is 5.32 Å². The highest BCUT2D eigenvalue weighted by Gasteiger charge is 2.43. The molecule has 2 atom stereocenters. The summed E-state index contributed by atoms with van der Waals surface area (Å²) in [4.78, 5) is 22.4. The van der Waals surface area contributed by atoms with E-state index in [0.717, 1.165) is 11.1 Å². The van der Waals surface area contributed by atoms with Crippen LogP contribution in [0.25, 0.3) is 0 Å². The zero-order valence-corrected chi connectivity index (χ0v) is 16.5. The average Bonchev–Trinajstić information content (AvgIpc) is 3.10. The lowest BCUT2D eigenvalue weighted by molar-refractivity contribution is -0.192. The lowest BCUT2D eigenvalue weighted by Crippen LogP contribution is -2.46. The highest BCUT2D eigenvalue weighted by atomic mass is 19.4. The number of hydrogen-bond acceptors (Lipinski definition) is 3. The number of halogens is 6. The Morgan fingerprint density at radius 2 is 1.38 bits per heavy atom. The monoisotopic (exact) mass is 462 g/mol. The van der Waals surface area contributed by atoms with Crippen LogP contribution in [0, 0.1) is 0 Å². The van der Waals surface area contributed by atoms with Crippen molar-refractivity contribution in [3.8, 4) is 0 Å². The normalized spacial score (nSPS) is 19.1. The molecular formula is C21H20F6N2O3. The molecule has 1 heterocycles. The number of rotatable bonds is 4. The lowest BCUT2D eigenvalue weighted by Gasteiger charge is -2.21. The fourth-order valence-corrected chi connectivity index (χ4v) is 3.29. The Bertz CT molecular complexity index is 888. The van der Waals surface area contributed by atoms with Gasteiger partial charge in [-0.3, -0.25) is 9.69 Å². The first kappa shape index (κ1) is 25.2. The van der Waals surface area contributed by atoms with E-state index >= 15 is 0 Å². The van der Waals surface area contributed by atoms with Gasteiger partial charge in [0.15, 0.2) is 0 Å². The van der Waals surface area contributed by atoms with Crippen molar-refractivity contribution >= 4 is 11.9 Å². The molecule has 0 aliphatic carbocycles. The van der Waals surface area contributed by atoms with Crippen LogP contribution in [0.1, 0.15) is 17.0 Å². The van der Waals surface area contributed by atoms with Gasteiger partial charge in [-0.15, -0.1) is 0 Å². The molecule has 1 aliphatic heterocycles. The van der Waals surface area contributed by atoms with Crippen LogP contribution >= 0.6 is 0 Å². The number of amides is 1. The molecule has 0 saturated carbocycles. The van der Waals surface area contributed by atoms with Gasteiger partial charge in [0, 0.05) is 31.6 Å². The third kappa shape index (κ3) is 7.56. The minimum Gasteiger partial charge on any atom is -0.475 e. The van der Waals surface area contributed by atoms with Crippen LogP contribution in [0.15, 0.2) is 60.7 Å². The maximum atomic E-state index is 12.7. The number of nitrogens with one attached hydrogen (secondary N) is 1. The number of hydrogen-bond donors (Lipinski definition) is 2. The van der Waals surface area contributed by atoms with Crippen LogP contribution in [-0.2, 0) is 16.1 Å². The largest absolute Gasteiger partial charge is 0.490 e. The highest BCUT2D eigenvalue weighted by molar-refractivity contribution is 5.82. The zero-order valence-electron chi connectivity index (χ0n) is 16.5. The quantitative estimate of drug-likeness (QED) is 0.675. The molecular weight excluding hydrogens is 442 g/mol. The van der Waals surface area contributed by atoms with E-state index in [1.807, 2.05) is 60.7 Å². The summed E-state index contributed by atoms with van der Waals surface area (Å²) in [6, 6.07) is 18.6. The summed E-state index contributed by atoms with van der Waals surface area (Å²) in [6.45, 7) is 1.63. The van der Waals surface area contributed by atoms with Gasteiger partial charge in [0.25, 0.3) is 0 Å². The van der Waals surface area contributed by atoms with E-state index in [9.17, 15) is 31.1 Å². The minimum absolute atomic E-state index is 0.170. The molecule has 1 fully saturated rings. The second kappa shape index (κ2) is 10.5. The Balaban J connectivity index is 0.000000451. The van der Waals surface area contributed by atoms with Crippen molar-refractivity contribution < 1.29 is 41.0 Å². The van der Waals surface area contributed by atoms with E-state index in [0.29, 0.717) is 19.6 Å². The van der Waals surface area contributed by atoms with Gasteiger partial charge in [0.1, 0.15) is 0 Å². The van der Waals surface area contributed by atoms with Crippen molar-refractivity contribution in [2.75, 3.05) is 13.1 Å². The predicted octanol–water partition coefficient (Wildman–Crippen LogP) is 3.97. The van der Waals surface area contributed by atoms with Crippen molar-refractivity contribution in [1.29, 1.82) is 0 Å². The predicted molar refractivity (Wildman–Crippen MR) is 103 cm³/mol. The Morgan fingerprint density at radius 3 is 1.84 bits per heavy atom. The van der Waals surface area contributed by atoms with Crippen molar-refractivity contribution in [2.24, 2.45) is 0 Å². The second-order valence-electron chi connectivity index (χ2n) is 7.08. The Hall–Kier alpha value is -3.08. The Labute approximate surface area is 179 Å². The third-order valence-corrected chi connectivity index (χ3v) is 4.69. The summed E-state index contributed by atoms with van der Waals surface area (Å²) < 4.78 is 69.7. The number of carboxylic acid groups (broad SMARTS) is 1.